The molecule has 18 heavy (non-hydrogen) atoms. The fourth-order valence-corrected chi connectivity index (χ4v) is 1.61. The van der Waals surface area contributed by atoms with Crippen LogP contribution in [0.3, 0.4) is 0 Å². The van der Waals surface area contributed by atoms with Crippen molar-refractivity contribution in [3.05, 3.63) is 59.4 Å². The molecule has 3 heteroatoms. The average Bonchev–Trinajstić information content (AvgIpc) is 2.38. The zero-order chi connectivity index (χ0) is 13.0. The first-order chi connectivity index (χ1) is 8.66. The Kier molecular flexibility index (Phi) is 3.72. The minimum atomic E-state index is 0.0575. The number of benzene rings is 1. The number of pyridine rings is 1. The second kappa shape index (κ2) is 5.45. The van der Waals surface area contributed by atoms with Crippen LogP contribution in [0, 0.1) is 6.92 Å². The molecule has 0 N–H and O–H groups in total. The Balaban J connectivity index is 2.02. The smallest absolute Gasteiger partial charge is 0.159 e. The van der Waals surface area contributed by atoms with Gasteiger partial charge in [-0.3, -0.25) is 9.78 Å². The summed E-state index contributed by atoms with van der Waals surface area (Å²) in [5, 5.41) is 0. The van der Waals surface area contributed by atoms with Crippen molar-refractivity contribution in [1.82, 2.24) is 4.98 Å². The number of aromatic nitrogens is 1. The van der Waals surface area contributed by atoms with Crippen molar-refractivity contribution in [3.63, 3.8) is 0 Å². The van der Waals surface area contributed by atoms with E-state index in [2.05, 4.69) is 4.98 Å². The summed E-state index contributed by atoms with van der Waals surface area (Å²) >= 11 is 0. The van der Waals surface area contributed by atoms with Gasteiger partial charge in [0, 0.05) is 11.8 Å². The second-order valence-electron chi connectivity index (χ2n) is 4.14. The van der Waals surface area contributed by atoms with Crippen molar-refractivity contribution >= 4 is 5.78 Å². The summed E-state index contributed by atoms with van der Waals surface area (Å²) in [6.45, 7) is 3.99. The highest BCUT2D eigenvalue weighted by Crippen LogP contribution is 2.15. The van der Waals surface area contributed by atoms with Gasteiger partial charge >= 0.3 is 0 Å². The van der Waals surface area contributed by atoms with E-state index in [1.54, 1.807) is 37.4 Å². The van der Waals surface area contributed by atoms with E-state index in [0.29, 0.717) is 12.2 Å². The molecular formula is C15H15NO2. The van der Waals surface area contributed by atoms with Gasteiger partial charge in [-0.15, -0.1) is 0 Å². The van der Waals surface area contributed by atoms with Crippen LogP contribution in [0.5, 0.6) is 5.75 Å². The molecule has 2 aromatic rings. The summed E-state index contributed by atoms with van der Waals surface area (Å²) in [5.74, 6) is 0.798. The van der Waals surface area contributed by atoms with E-state index in [4.69, 9.17) is 4.74 Å². The van der Waals surface area contributed by atoms with Crippen LogP contribution in [0.25, 0.3) is 0 Å². The fourth-order valence-electron chi connectivity index (χ4n) is 1.61. The van der Waals surface area contributed by atoms with Gasteiger partial charge in [0.25, 0.3) is 0 Å². The molecule has 92 valence electrons. The molecule has 0 saturated heterocycles. The zero-order valence-corrected chi connectivity index (χ0v) is 10.5. The van der Waals surface area contributed by atoms with Gasteiger partial charge in [0.2, 0.25) is 0 Å². The molecule has 0 fully saturated rings. The van der Waals surface area contributed by atoms with Gasteiger partial charge in [-0.05, 0) is 49.7 Å². The topological polar surface area (TPSA) is 39.2 Å². The molecule has 1 aromatic carbocycles. The predicted octanol–water partition coefficient (Wildman–Crippen LogP) is 3.17. The Hall–Kier alpha value is -2.16. The Bertz CT molecular complexity index is 547. The quantitative estimate of drug-likeness (QED) is 0.772. The molecular weight excluding hydrogens is 226 g/mol. The highest BCUT2D eigenvalue weighted by molar-refractivity contribution is 5.94. The Morgan fingerprint density at radius 2 is 1.94 bits per heavy atom. The normalized spacial score (nSPS) is 10.1. The Morgan fingerprint density at radius 1 is 1.22 bits per heavy atom. The first kappa shape index (κ1) is 12.3. The lowest BCUT2D eigenvalue weighted by molar-refractivity contribution is 0.101. The van der Waals surface area contributed by atoms with Crippen molar-refractivity contribution in [3.8, 4) is 5.75 Å². The van der Waals surface area contributed by atoms with Crippen LogP contribution in [0.1, 0.15) is 28.5 Å². The Labute approximate surface area is 106 Å². The number of ketones is 1. The number of nitrogens with zero attached hydrogens (tertiary/aromatic N) is 1. The Morgan fingerprint density at radius 3 is 2.56 bits per heavy atom. The summed E-state index contributed by atoms with van der Waals surface area (Å²) in [4.78, 5) is 15.4. The van der Waals surface area contributed by atoms with Gasteiger partial charge in [-0.1, -0.05) is 6.07 Å². The lowest BCUT2D eigenvalue weighted by atomic mass is 10.1. The molecule has 0 aliphatic rings. The summed E-state index contributed by atoms with van der Waals surface area (Å²) in [7, 11) is 0. The molecule has 0 spiro atoms. The molecule has 0 radical (unpaired) electrons. The lowest BCUT2D eigenvalue weighted by Gasteiger charge is -2.07. The first-order valence-corrected chi connectivity index (χ1v) is 5.81. The third-order valence-corrected chi connectivity index (χ3v) is 2.75. The van der Waals surface area contributed by atoms with E-state index in [-0.39, 0.29) is 5.78 Å². The maximum atomic E-state index is 11.1. The number of hydrogen-bond acceptors (Lipinski definition) is 3. The SMILES string of the molecule is CC(=O)c1ccc(OCc2ncccc2C)cc1. The van der Waals surface area contributed by atoms with E-state index in [0.717, 1.165) is 17.0 Å². The highest BCUT2D eigenvalue weighted by Gasteiger charge is 2.02. The number of hydrogen-bond donors (Lipinski definition) is 0. The zero-order valence-electron chi connectivity index (χ0n) is 10.5. The number of Topliss-reactive ketones (excluding diaryl/α,β-unsaturated/α-hetero) is 1. The molecule has 0 saturated carbocycles. The molecule has 0 aliphatic heterocycles. The van der Waals surface area contributed by atoms with Crippen LogP contribution in [0.15, 0.2) is 42.6 Å². The third-order valence-electron chi connectivity index (χ3n) is 2.75. The molecule has 0 atom stereocenters. The van der Waals surface area contributed by atoms with Gasteiger partial charge in [0.15, 0.2) is 5.78 Å². The van der Waals surface area contributed by atoms with Crippen LogP contribution in [0.4, 0.5) is 0 Å². The summed E-state index contributed by atoms with van der Waals surface area (Å²) < 4.78 is 5.63. The van der Waals surface area contributed by atoms with E-state index in [1.807, 2.05) is 19.1 Å². The standard InChI is InChI=1S/C15H15NO2/c1-11-4-3-9-16-15(11)10-18-14-7-5-13(6-8-14)12(2)17/h3-9H,10H2,1-2H3. The maximum Gasteiger partial charge on any atom is 0.159 e. The lowest BCUT2D eigenvalue weighted by Crippen LogP contribution is -2.00. The maximum absolute atomic E-state index is 11.1. The largest absolute Gasteiger partial charge is 0.487 e. The minimum absolute atomic E-state index is 0.0575. The molecule has 0 unspecified atom stereocenters. The monoisotopic (exact) mass is 241 g/mol. The van der Waals surface area contributed by atoms with E-state index in [1.165, 1.54) is 0 Å². The fraction of sp³-hybridized carbons (Fsp3) is 0.200. The van der Waals surface area contributed by atoms with Crippen molar-refractivity contribution in [2.45, 2.75) is 20.5 Å². The molecule has 0 amide bonds. The molecule has 2 rings (SSSR count). The molecule has 0 bridgehead atoms. The third kappa shape index (κ3) is 2.94. The van der Waals surface area contributed by atoms with E-state index < -0.39 is 0 Å². The van der Waals surface area contributed by atoms with E-state index >= 15 is 0 Å². The van der Waals surface area contributed by atoms with Gasteiger partial charge in [-0.2, -0.15) is 0 Å². The first-order valence-electron chi connectivity index (χ1n) is 5.81. The van der Waals surface area contributed by atoms with Crippen LogP contribution in [-0.2, 0) is 6.61 Å². The van der Waals surface area contributed by atoms with Crippen LogP contribution < -0.4 is 4.74 Å². The highest BCUT2D eigenvalue weighted by atomic mass is 16.5. The van der Waals surface area contributed by atoms with Gasteiger partial charge in [0.05, 0.1) is 5.69 Å². The summed E-state index contributed by atoms with van der Waals surface area (Å²) in [6.07, 6.45) is 1.75. The van der Waals surface area contributed by atoms with Crippen LogP contribution >= 0.6 is 0 Å². The van der Waals surface area contributed by atoms with Gasteiger partial charge < -0.3 is 4.74 Å². The number of rotatable bonds is 4. The molecule has 3 nitrogen and oxygen atoms in total. The minimum Gasteiger partial charge on any atom is -0.487 e. The van der Waals surface area contributed by atoms with E-state index in [9.17, 15) is 4.79 Å². The van der Waals surface area contributed by atoms with Gasteiger partial charge in [-0.25, -0.2) is 0 Å². The second-order valence-corrected chi connectivity index (χ2v) is 4.14. The summed E-state index contributed by atoms with van der Waals surface area (Å²) in [5.41, 5.74) is 2.72. The van der Waals surface area contributed by atoms with Crippen molar-refractivity contribution < 1.29 is 9.53 Å². The van der Waals surface area contributed by atoms with Crippen LogP contribution in [-0.4, -0.2) is 10.8 Å². The number of carbonyl (C=O) groups is 1. The summed E-state index contributed by atoms with van der Waals surface area (Å²) in [6, 6.07) is 11.0. The van der Waals surface area contributed by atoms with Crippen LogP contribution in [0.2, 0.25) is 0 Å². The van der Waals surface area contributed by atoms with Crippen molar-refractivity contribution in [2.75, 3.05) is 0 Å². The number of carbonyl (C=O) groups excluding carboxylic acids is 1. The van der Waals surface area contributed by atoms with Crippen molar-refractivity contribution in [1.29, 1.82) is 0 Å². The molecule has 1 heterocycles. The van der Waals surface area contributed by atoms with Crippen molar-refractivity contribution in [2.24, 2.45) is 0 Å². The predicted molar refractivity (Wildman–Crippen MR) is 69.8 cm³/mol. The molecule has 1 aromatic heterocycles. The average molecular weight is 241 g/mol. The molecule has 0 aliphatic carbocycles. The number of ether oxygens (including phenoxy) is 1. The van der Waals surface area contributed by atoms with Gasteiger partial charge in [0.1, 0.15) is 12.4 Å². The number of aryl methyl sites for hydroxylation is 1.